The quantitative estimate of drug-likeness (QED) is 0.278. The lowest BCUT2D eigenvalue weighted by molar-refractivity contribution is -0.0328. The monoisotopic (exact) mass is 527 g/mol. The van der Waals surface area contributed by atoms with Crippen LogP contribution in [0.2, 0.25) is 10.0 Å². The number of alkyl halides is 3. The standard InChI is InChI=1S/C25H22Cl2F3NO2S/c26-20-8-3-9-22(23(20)27)33-18-6-1-4-16(12-18)24(31-14-21(32)15-10-11-15)17-5-2-7-19(13-17)34-25(28,29)30/h1-9,12-13,15,21,24,31-32H,10-11,14H2. The Bertz CT molecular complexity index is 1140. The number of rotatable bonds is 9. The van der Waals surface area contributed by atoms with E-state index in [2.05, 4.69) is 5.32 Å². The number of thioether (sulfide) groups is 1. The van der Waals surface area contributed by atoms with Crippen LogP contribution in [0, 0.1) is 5.92 Å². The van der Waals surface area contributed by atoms with Gasteiger partial charge in [0.25, 0.3) is 0 Å². The zero-order chi connectivity index (χ0) is 24.3. The molecule has 0 bridgehead atoms. The fourth-order valence-corrected chi connectivity index (χ4v) is 4.59. The summed E-state index contributed by atoms with van der Waals surface area (Å²) in [6.45, 7) is 0.317. The molecular weight excluding hydrogens is 506 g/mol. The fraction of sp³-hybridized carbons (Fsp3) is 0.280. The molecule has 2 unspecified atom stereocenters. The lowest BCUT2D eigenvalue weighted by Gasteiger charge is -2.23. The summed E-state index contributed by atoms with van der Waals surface area (Å²) in [5, 5.41) is 14.4. The Labute approximate surface area is 210 Å². The highest BCUT2D eigenvalue weighted by Crippen LogP contribution is 2.39. The molecule has 3 aromatic carbocycles. The maximum absolute atomic E-state index is 12.9. The van der Waals surface area contributed by atoms with Crippen molar-refractivity contribution in [1.82, 2.24) is 5.32 Å². The van der Waals surface area contributed by atoms with Gasteiger partial charge in [-0.05, 0) is 78.0 Å². The summed E-state index contributed by atoms with van der Waals surface area (Å²) in [6.07, 6.45) is 1.45. The summed E-state index contributed by atoms with van der Waals surface area (Å²) in [6, 6.07) is 18.1. The van der Waals surface area contributed by atoms with Crippen molar-refractivity contribution in [2.24, 2.45) is 5.92 Å². The molecule has 0 spiro atoms. The van der Waals surface area contributed by atoms with Crippen molar-refractivity contribution >= 4 is 35.0 Å². The number of aliphatic hydroxyl groups excluding tert-OH is 1. The van der Waals surface area contributed by atoms with E-state index in [1.54, 1.807) is 48.5 Å². The summed E-state index contributed by atoms with van der Waals surface area (Å²) in [4.78, 5) is 0.0951. The van der Waals surface area contributed by atoms with Gasteiger partial charge in [-0.2, -0.15) is 13.2 Å². The van der Waals surface area contributed by atoms with E-state index in [4.69, 9.17) is 27.9 Å². The number of hydrogen-bond acceptors (Lipinski definition) is 4. The van der Waals surface area contributed by atoms with Crippen LogP contribution in [0.25, 0.3) is 0 Å². The molecule has 3 nitrogen and oxygen atoms in total. The van der Waals surface area contributed by atoms with Gasteiger partial charge in [0.05, 0.1) is 17.2 Å². The summed E-state index contributed by atoms with van der Waals surface area (Å²) in [5.41, 5.74) is -2.96. The van der Waals surface area contributed by atoms with Gasteiger partial charge >= 0.3 is 5.51 Å². The van der Waals surface area contributed by atoms with E-state index in [1.807, 2.05) is 6.07 Å². The van der Waals surface area contributed by atoms with Gasteiger partial charge < -0.3 is 15.2 Å². The SMILES string of the molecule is OC(CNC(c1cccc(Oc2cccc(Cl)c2Cl)c1)c1cccc(SC(F)(F)F)c1)C1CC1. The molecule has 0 amide bonds. The molecule has 0 radical (unpaired) electrons. The average Bonchev–Trinajstić information content (AvgIpc) is 3.62. The van der Waals surface area contributed by atoms with E-state index in [9.17, 15) is 18.3 Å². The molecule has 180 valence electrons. The van der Waals surface area contributed by atoms with Gasteiger partial charge in [-0.1, -0.05) is 53.5 Å². The highest BCUT2D eigenvalue weighted by atomic mass is 35.5. The first-order valence-corrected chi connectivity index (χ1v) is 12.3. The minimum absolute atomic E-state index is 0.0951. The zero-order valence-electron chi connectivity index (χ0n) is 17.9. The Morgan fingerprint density at radius 2 is 1.68 bits per heavy atom. The van der Waals surface area contributed by atoms with Crippen LogP contribution in [0.5, 0.6) is 11.5 Å². The topological polar surface area (TPSA) is 41.5 Å². The molecule has 0 aromatic heterocycles. The molecule has 2 N–H and O–H groups in total. The van der Waals surface area contributed by atoms with E-state index in [0.29, 0.717) is 28.6 Å². The largest absolute Gasteiger partial charge is 0.456 e. The predicted molar refractivity (Wildman–Crippen MR) is 130 cm³/mol. The second kappa shape index (κ2) is 10.8. The van der Waals surface area contributed by atoms with Crippen molar-refractivity contribution in [3.05, 3.63) is 87.9 Å². The van der Waals surface area contributed by atoms with Gasteiger partial charge in [0.15, 0.2) is 0 Å². The first-order chi connectivity index (χ1) is 16.2. The molecule has 0 saturated heterocycles. The van der Waals surface area contributed by atoms with Crippen LogP contribution in [-0.4, -0.2) is 23.3 Å². The molecule has 1 fully saturated rings. The molecule has 0 aliphatic heterocycles. The molecule has 34 heavy (non-hydrogen) atoms. The molecule has 3 aromatic rings. The fourth-order valence-electron chi connectivity index (χ4n) is 3.65. The second-order valence-corrected chi connectivity index (χ2v) is 10.0. The molecule has 4 rings (SSSR count). The average molecular weight is 528 g/mol. The Kier molecular flexibility index (Phi) is 8.00. The van der Waals surface area contributed by atoms with Crippen molar-refractivity contribution in [3.63, 3.8) is 0 Å². The molecule has 1 aliphatic rings. The van der Waals surface area contributed by atoms with Crippen LogP contribution in [-0.2, 0) is 0 Å². The minimum atomic E-state index is -4.38. The summed E-state index contributed by atoms with van der Waals surface area (Å²) in [5.74, 6) is 1.15. The Hall–Kier alpha value is -1.90. The van der Waals surface area contributed by atoms with Crippen LogP contribution >= 0.6 is 35.0 Å². The van der Waals surface area contributed by atoms with Crippen LogP contribution in [0.1, 0.15) is 30.0 Å². The number of nitrogens with one attached hydrogen (secondary N) is 1. The van der Waals surface area contributed by atoms with Gasteiger partial charge in [0.2, 0.25) is 0 Å². The highest BCUT2D eigenvalue weighted by molar-refractivity contribution is 8.00. The number of aliphatic hydroxyl groups is 1. The lowest BCUT2D eigenvalue weighted by atomic mass is 9.98. The van der Waals surface area contributed by atoms with E-state index in [-0.39, 0.29) is 27.6 Å². The second-order valence-electron chi connectivity index (χ2n) is 8.09. The smallest absolute Gasteiger partial charge is 0.446 e. The highest BCUT2D eigenvalue weighted by Gasteiger charge is 2.31. The van der Waals surface area contributed by atoms with Crippen molar-refractivity contribution in [2.45, 2.75) is 35.4 Å². The number of hydrogen-bond donors (Lipinski definition) is 2. The van der Waals surface area contributed by atoms with Crippen molar-refractivity contribution in [2.75, 3.05) is 6.54 Å². The van der Waals surface area contributed by atoms with Crippen molar-refractivity contribution in [1.29, 1.82) is 0 Å². The molecular formula is C25H22Cl2F3NO2S. The summed E-state index contributed by atoms with van der Waals surface area (Å²) >= 11 is 12.2. The predicted octanol–water partition coefficient (Wildman–Crippen LogP) is 7.85. The van der Waals surface area contributed by atoms with Gasteiger partial charge in [-0.15, -0.1) is 0 Å². The van der Waals surface area contributed by atoms with Gasteiger partial charge in [-0.3, -0.25) is 0 Å². The maximum atomic E-state index is 12.9. The van der Waals surface area contributed by atoms with Crippen LogP contribution in [0.3, 0.4) is 0 Å². The Morgan fingerprint density at radius 1 is 1.00 bits per heavy atom. The van der Waals surface area contributed by atoms with Gasteiger partial charge in [0, 0.05) is 11.4 Å². The van der Waals surface area contributed by atoms with Crippen molar-refractivity contribution in [3.8, 4) is 11.5 Å². The van der Waals surface area contributed by atoms with E-state index >= 15 is 0 Å². The zero-order valence-corrected chi connectivity index (χ0v) is 20.2. The van der Waals surface area contributed by atoms with Crippen molar-refractivity contribution < 1.29 is 23.0 Å². The number of halogens is 5. The van der Waals surface area contributed by atoms with E-state index in [1.165, 1.54) is 12.1 Å². The third-order valence-electron chi connectivity index (χ3n) is 5.46. The molecule has 9 heteroatoms. The molecule has 1 saturated carbocycles. The first-order valence-electron chi connectivity index (χ1n) is 10.7. The Balaban J connectivity index is 1.63. The normalized spacial score (nSPS) is 15.7. The Morgan fingerprint density at radius 3 is 2.38 bits per heavy atom. The number of ether oxygens (including phenoxy) is 1. The molecule has 2 atom stereocenters. The van der Waals surface area contributed by atoms with Crippen LogP contribution in [0.4, 0.5) is 13.2 Å². The molecule has 0 heterocycles. The lowest BCUT2D eigenvalue weighted by Crippen LogP contribution is -2.32. The van der Waals surface area contributed by atoms with Crippen LogP contribution in [0.15, 0.2) is 71.6 Å². The van der Waals surface area contributed by atoms with Crippen LogP contribution < -0.4 is 10.1 Å². The summed E-state index contributed by atoms with van der Waals surface area (Å²) < 4.78 is 44.8. The molecule has 1 aliphatic carbocycles. The third-order valence-corrected chi connectivity index (χ3v) is 6.98. The summed E-state index contributed by atoms with van der Waals surface area (Å²) in [7, 11) is 0. The van der Waals surface area contributed by atoms with Gasteiger partial charge in [-0.25, -0.2) is 0 Å². The third kappa shape index (κ3) is 6.83. The number of benzene rings is 3. The van der Waals surface area contributed by atoms with E-state index < -0.39 is 17.7 Å². The minimum Gasteiger partial charge on any atom is -0.456 e. The van der Waals surface area contributed by atoms with Gasteiger partial charge in [0.1, 0.15) is 16.5 Å². The first kappa shape index (κ1) is 25.2. The maximum Gasteiger partial charge on any atom is 0.446 e. The van der Waals surface area contributed by atoms with E-state index in [0.717, 1.165) is 18.4 Å².